The molecule has 0 amide bonds. The van der Waals surface area contributed by atoms with E-state index in [0.717, 1.165) is 0 Å². The van der Waals surface area contributed by atoms with Gasteiger partial charge in [-0.05, 0) is 12.1 Å². The molecule has 1 heterocycles. The third kappa shape index (κ3) is 3.69. The van der Waals surface area contributed by atoms with Crippen molar-refractivity contribution in [1.82, 2.24) is 4.98 Å². The lowest BCUT2D eigenvalue weighted by molar-refractivity contribution is 0.690. The second kappa shape index (κ2) is 5.11. The summed E-state index contributed by atoms with van der Waals surface area (Å²) in [5.41, 5.74) is 0.704. The minimum atomic E-state index is -1.06. The zero-order valence-corrected chi connectivity index (χ0v) is 7.45. The standard InChI is InChI=1S/C6H7ClN2OS.CH4/c1-11(10)9-5-2-3-6(7)8-4-5;/h2-4,9H,1H3;1H4. The predicted molar refractivity (Wildman–Crippen MR) is 53.7 cm³/mol. The van der Waals surface area contributed by atoms with Gasteiger partial charge in [0.15, 0.2) is 0 Å². The van der Waals surface area contributed by atoms with Crippen LogP contribution in [0, 0.1) is 0 Å². The van der Waals surface area contributed by atoms with Crippen LogP contribution >= 0.6 is 11.6 Å². The Morgan fingerprint density at radius 2 is 2.25 bits per heavy atom. The molecule has 1 atom stereocenters. The number of hydrogen-bond donors (Lipinski definition) is 1. The number of nitrogens with one attached hydrogen (secondary N) is 1. The molecule has 68 valence electrons. The summed E-state index contributed by atoms with van der Waals surface area (Å²) in [4.78, 5) is 3.80. The van der Waals surface area contributed by atoms with Crippen LogP contribution in [0.1, 0.15) is 7.43 Å². The highest BCUT2D eigenvalue weighted by Gasteiger charge is 1.93. The largest absolute Gasteiger partial charge is 0.304 e. The van der Waals surface area contributed by atoms with Gasteiger partial charge in [0, 0.05) is 6.26 Å². The van der Waals surface area contributed by atoms with E-state index in [2.05, 4.69) is 9.71 Å². The molecule has 0 saturated heterocycles. The van der Waals surface area contributed by atoms with Gasteiger partial charge in [0.1, 0.15) is 16.1 Å². The lowest BCUT2D eigenvalue weighted by atomic mass is 10.4. The van der Waals surface area contributed by atoms with E-state index in [0.29, 0.717) is 10.8 Å². The molecule has 0 bridgehead atoms. The van der Waals surface area contributed by atoms with E-state index in [1.54, 1.807) is 18.4 Å². The van der Waals surface area contributed by atoms with Gasteiger partial charge in [0.05, 0.1) is 11.9 Å². The van der Waals surface area contributed by atoms with E-state index < -0.39 is 11.0 Å². The van der Waals surface area contributed by atoms with Crippen LogP contribution in [0.3, 0.4) is 0 Å². The van der Waals surface area contributed by atoms with Gasteiger partial charge >= 0.3 is 0 Å². The highest BCUT2D eigenvalue weighted by molar-refractivity contribution is 7.85. The fourth-order valence-electron chi connectivity index (χ4n) is 0.602. The smallest absolute Gasteiger partial charge is 0.129 e. The van der Waals surface area contributed by atoms with Crippen molar-refractivity contribution in [2.24, 2.45) is 0 Å². The fourth-order valence-corrected chi connectivity index (χ4v) is 1.17. The van der Waals surface area contributed by atoms with E-state index in [1.165, 1.54) is 6.20 Å². The van der Waals surface area contributed by atoms with Crippen LogP contribution in [0.25, 0.3) is 0 Å². The van der Waals surface area contributed by atoms with Crippen LogP contribution < -0.4 is 4.72 Å². The summed E-state index contributed by atoms with van der Waals surface area (Å²) in [5.74, 6) is 0. The van der Waals surface area contributed by atoms with E-state index in [1.807, 2.05) is 0 Å². The summed E-state index contributed by atoms with van der Waals surface area (Å²) < 4.78 is 13.3. The average Bonchev–Trinajstić information content (AvgIpc) is 1.93. The van der Waals surface area contributed by atoms with Crippen LogP contribution in [0.4, 0.5) is 5.69 Å². The first kappa shape index (κ1) is 11.4. The normalized spacial score (nSPS) is 11.5. The van der Waals surface area contributed by atoms with Gasteiger partial charge in [-0.25, -0.2) is 9.19 Å². The molecule has 1 aromatic rings. The van der Waals surface area contributed by atoms with E-state index in [4.69, 9.17) is 11.6 Å². The van der Waals surface area contributed by atoms with Crippen LogP contribution in [0.5, 0.6) is 0 Å². The zero-order valence-electron chi connectivity index (χ0n) is 5.87. The first-order valence-corrected chi connectivity index (χ1v) is 4.84. The molecule has 0 fully saturated rings. The van der Waals surface area contributed by atoms with Crippen molar-refractivity contribution in [2.75, 3.05) is 11.0 Å². The van der Waals surface area contributed by atoms with E-state index in [9.17, 15) is 4.21 Å². The third-order valence-corrected chi connectivity index (χ3v) is 1.74. The fraction of sp³-hybridized carbons (Fsp3) is 0.286. The molecule has 0 spiro atoms. The van der Waals surface area contributed by atoms with E-state index >= 15 is 0 Å². The maximum absolute atomic E-state index is 10.6. The van der Waals surface area contributed by atoms with Crippen molar-refractivity contribution in [3.05, 3.63) is 23.5 Å². The molecule has 1 N–H and O–H groups in total. The first-order chi connectivity index (χ1) is 5.18. The topological polar surface area (TPSA) is 42.0 Å². The Hall–Kier alpha value is -0.610. The quantitative estimate of drug-likeness (QED) is 0.753. The van der Waals surface area contributed by atoms with Gasteiger partial charge in [0.2, 0.25) is 0 Å². The second-order valence-electron chi connectivity index (χ2n) is 1.93. The maximum atomic E-state index is 10.6. The molecule has 1 rings (SSSR count). The van der Waals surface area contributed by atoms with Gasteiger partial charge in [0.25, 0.3) is 0 Å². The monoisotopic (exact) mass is 206 g/mol. The number of aromatic nitrogens is 1. The number of hydrogen-bond acceptors (Lipinski definition) is 2. The van der Waals surface area contributed by atoms with Gasteiger partial charge in [-0.3, -0.25) is 0 Å². The van der Waals surface area contributed by atoms with Crippen LogP contribution in [0.2, 0.25) is 5.15 Å². The minimum absolute atomic E-state index is 0. The van der Waals surface area contributed by atoms with Crippen LogP contribution in [-0.4, -0.2) is 15.4 Å². The van der Waals surface area contributed by atoms with Crippen molar-refractivity contribution < 1.29 is 4.21 Å². The molecule has 0 aliphatic carbocycles. The summed E-state index contributed by atoms with van der Waals surface area (Å²) in [6, 6.07) is 3.35. The molecule has 1 unspecified atom stereocenters. The van der Waals surface area contributed by atoms with Crippen molar-refractivity contribution >= 4 is 28.3 Å². The number of halogens is 1. The Morgan fingerprint density at radius 3 is 2.67 bits per heavy atom. The lowest BCUT2D eigenvalue weighted by Crippen LogP contribution is -2.00. The van der Waals surface area contributed by atoms with Crippen molar-refractivity contribution in [3.63, 3.8) is 0 Å². The molecule has 5 heteroatoms. The number of rotatable bonds is 2. The molecule has 1 aromatic heterocycles. The van der Waals surface area contributed by atoms with Crippen molar-refractivity contribution in [2.45, 2.75) is 7.43 Å². The minimum Gasteiger partial charge on any atom is -0.304 e. The van der Waals surface area contributed by atoms with E-state index in [-0.39, 0.29) is 7.43 Å². The summed E-state index contributed by atoms with van der Waals surface area (Å²) >= 11 is 5.53. The lowest BCUT2D eigenvalue weighted by Gasteiger charge is -1.99. The Balaban J connectivity index is 0.00000121. The maximum Gasteiger partial charge on any atom is 0.129 e. The molecule has 0 aromatic carbocycles. The molecule has 0 radical (unpaired) electrons. The van der Waals surface area contributed by atoms with Crippen LogP contribution in [0.15, 0.2) is 18.3 Å². The molecular weight excluding hydrogens is 196 g/mol. The zero-order chi connectivity index (χ0) is 8.27. The molecule has 3 nitrogen and oxygen atoms in total. The number of pyridine rings is 1. The van der Waals surface area contributed by atoms with Gasteiger partial charge in [-0.15, -0.1) is 0 Å². The molecule has 0 aliphatic rings. The van der Waals surface area contributed by atoms with Gasteiger partial charge in [-0.1, -0.05) is 19.0 Å². The second-order valence-corrected chi connectivity index (χ2v) is 3.43. The summed E-state index contributed by atoms with van der Waals surface area (Å²) in [6.07, 6.45) is 3.08. The SMILES string of the molecule is C.CS(=O)Nc1ccc(Cl)nc1. The Labute approximate surface area is 79.7 Å². The summed E-state index contributed by atoms with van der Waals surface area (Å²) in [6.45, 7) is 0. The Bertz CT molecular complexity index is 263. The highest BCUT2D eigenvalue weighted by atomic mass is 35.5. The first-order valence-electron chi connectivity index (χ1n) is 2.90. The number of nitrogens with zero attached hydrogens (tertiary/aromatic N) is 1. The van der Waals surface area contributed by atoms with Gasteiger partial charge < -0.3 is 4.72 Å². The average molecular weight is 207 g/mol. The molecule has 0 saturated carbocycles. The number of anilines is 1. The summed E-state index contributed by atoms with van der Waals surface area (Å²) in [5, 5.41) is 0.428. The molecular formula is C7H11ClN2OS. The molecule has 12 heavy (non-hydrogen) atoms. The Morgan fingerprint density at radius 1 is 1.58 bits per heavy atom. The van der Waals surface area contributed by atoms with Gasteiger partial charge in [-0.2, -0.15) is 0 Å². The third-order valence-electron chi connectivity index (χ3n) is 0.989. The highest BCUT2D eigenvalue weighted by Crippen LogP contribution is 2.09. The van der Waals surface area contributed by atoms with Crippen LogP contribution in [-0.2, 0) is 11.0 Å². The summed E-state index contributed by atoms with van der Waals surface area (Å²) in [7, 11) is -1.06. The van der Waals surface area contributed by atoms with Crippen molar-refractivity contribution in [1.29, 1.82) is 0 Å². The molecule has 0 aliphatic heterocycles. The Kier molecular flexibility index (Phi) is 4.85. The predicted octanol–water partition coefficient (Wildman–Crippen LogP) is 2.08. The van der Waals surface area contributed by atoms with Crippen molar-refractivity contribution in [3.8, 4) is 0 Å².